The first-order valence-electron chi connectivity index (χ1n) is 8.68. The van der Waals surface area contributed by atoms with E-state index in [1.54, 1.807) is 24.3 Å². The molecule has 2 aromatic carbocycles. The molecule has 0 atom stereocenters. The minimum absolute atomic E-state index is 0.0407. The first kappa shape index (κ1) is 21.3. The monoisotopic (exact) mass is 405 g/mol. The van der Waals surface area contributed by atoms with Gasteiger partial charge in [-0.25, -0.2) is 13.2 Å². The van der Waals surface area contributed by atoms with Gasteiger partial charge in [-0.1, -0.05) is 0 Å². The fourth-order valence-electron chi connectivity index (χ4n) is 2.32. The second-order valence-corrected chi connectivity index (χ2v) is 7.43. The molecular weight excluding hydrogens is 382 g/mol. The number of anilines is 1. The van der Waals surface area contributed by atoms with Gasteiger partial charge in [-0.05, 0) is 62.4 Å². The zero-order valence-electron chi connectivity index (χ0n) is 16.0. The standard InChI is InChI=1S/C20H23NO6S/c1-4-26-16-8-6-15(7-9-16)21-14-19(20(22)25-3)28(23,24)18-12-10-17(11-13-18)27-5-2/h6-14,21H,4-5H2,1-3H3. The quantitative estimate of drug-likeness (QED) is 0.505. The van der Waals surface area contributed by atoms with E-state index in [1.807, 2.05) is 13.8 Å². The highest BCUT2D eigenvalue weighted by Crippen LogP contribution is 2.24. The Morgan fingerprint density at radius 3 is 1.89 bits per heavy atom. The molecule has 0 aliphatic rings. The lowest BCUT2D eigenvalue weighted by Crippen LogP contribution is -2.17. The van der Waals surface area contributed by atoms with Gasteiger partial charge in [0.05, 0.1) is 25.2 Å². The van der Waals surface area contributed by atoms with E-state index in [1.165, 1.54) is 24.3 Å². The maximum absolute atomic E-state index is 12.9. The highest BCUT2D eigenvalue weighted by molar-refractivity contribution is 7.96. The molecule has 0 fully saturated rings. The lowest BCUT2D eigenvalue weighted by Gasteiger charge is -2.10. The zero-order valence-corrected chi connectivity index (χ0v) is 16.8. The van der Waals surface area contributed by atoms with Crippen molar-refractivity contribution in [3.63, 3.8) is 0 Å². The van der Waals surface area contributed by atoms with Gasteiger partial charge in [-0.3, -0.25) is 0 Å². The molecule has 28 heavy (non-hydrogen) atoms. The fourth-order valence-corrected chi connectivity index (χ4v) is 3.58. The van der Waals surface area contributed by atoms with Gasteiger partial charge in [-0.2, -0.15) is 0 Å². The highest BCUT2D eigenvalue weighted by atomic mass is 32.2. The maximum atomic E-state index is 12.9. The summed E-state index contributed by atoms with van der Waals surface area (Å²) in [5.41, 5.74) is 0.590. The van der Waals surface area contributed by atoms with Crippen LogP contribution in [0, 0.1) is 0 Å². The van der Waals surface area contributed by atoms with Gasteiger partial charge >= 0.3 is 5.97 Å². The van der Waals surface area contributed by atoms with E-state index in [0.29, 0.717) is 30.4 Å². The number of carbonyl (C=O) groups is 1. The van der Waals surface area contributed by atoms with Gasteiger partial charge < -0.3 is 19.5 Å². The van der Waals surface area contributed by atoms with Crippen LogP contribution in [0.3, 0.4) is 0 Å². The van der Waals surface area contributed by atoms with E-state index < -0.39 is 20.7 Å². The summed E-state index contributed by atoms with van der Waals surface area (Å²) in [6.45, 7) is 4.71. The van der Waals surface area contributed by atoms with Crippen molar-refractivity contribution in [2.75, 3.05) is 25.6 Å². The lowest BCUT2D eigenvalue weighted by atomic mass is 10.3. The first-order valence-corrected chi connectivity index (χ1v) is 10.2. The number of benzene rings is 2. The van der Waals surface area contributed by atoms with Crippen molar-refractivity contribution < 1.29 is 27.4 Å². The molecule has 0 aliphatic carbocycles. The van der Waals surface area contributed by atoms with Crippen LogP contribution in [-0.2, 0) is 19.4 Å². The highest BCUT2D eigenvalue weighted by Gasteiger charge is 2.28. The normalized spacial score (nSPS) is 11.6. The molecule has 1 N–H and O–H groups in total. The summed E-state index contributed by atoms with van der Waals surface area (Å²) >= 11 is 0. The number of hydrogen-bond acceptors (Lipinski definition) is 7. The number of ether oxygens (including phenoxy) is 3. The summed E-state index contributed by atoms with van der Waals surface area (Å²) in [6, 6.07) is 12.7. The summed E-state index contributed by atoms with van der Waals surface area (Å²) in [5.74, 6) is 0.261. The van der Waals surface area contributed by atoms with Crippen LogP contribution < -0.4 is 14.8 Å². The van der Waals surface area contributed by atoms with E-state index in [9.17, 15) is 13.2 Å². The number of hydrogen-bond donors (Lipinski definition) is 1. The maximum Gasteiger partial charge on any atom is 0.351 e. The molecule has 7 nitrogen and oxygen atoms in total. The van der Waals surface area contributed by atoms with Gasteiger partial charge in [-0.15, -0.1) is 0 Å². The van der Waals surface area contributed by atoms with Crippen LogP contribution in [0.15, 0.2) is 64.5 Å². The van der Waals surface area contributed by atoms with Crippen molar-refractivity contribution in [2.24, 2.45) is 0 Å². The third-order valence-corrected chi connectivity index (χ3v) is 5.41. The minimum Gasteiger partial charge on any atom is -0.494 e. The molecule has 0 aromatic heterocycles. The smallest absolute Gasteiger partial charge is 0.351 e. The molecule has 2 rings (SSSR count). The molecule has 0 unspecified atom stereocenters. The van der Waals surface area contributed by atoms with Crippen molar-refractivity contribution >= 4 is 21.5 Å². The third-order valence-electron chi connectivity index (χ3n) is 3.66. The third kappa shape index (κ3) is 5.26. The molecule has 0 amide bonds. The molecule has 0 radical (unpaired) electrons. The van der Waals surface area contributed by atoms with Gasteiger partial charge in [0, 0.05) is 11.9 Å². The van der Waals surface area contributed by atoms with E-state index in [4.69, 9.17) is 9.47 Å². The fraction of sp³-hybridized carbons (Fsp3) is 0.250. The number of carbonyl (C=O) groups excluding carboxylic acids is 1. The van der Waals surface area contributed by atoms with Crippen LogP contribution in [0.4, 0.5) is 5.69 Å². The van der Waals surface area contributed by atoms with Gasteiger partial charge in [0.2, 0.25) is 9.84 Å². The van der Waals surface area contributed by atoms with Crippen molar-refractivity contribution in [1.82, 2.24) is 0 Å². The van der Waals surface area contributed by atoms with Crippen LogP contribution in [-0.4, -0.2) is 34.7 Å². The topological polar surface area (TPSA) is 90.9 Å². The molecule has 0 bridgehead atoms. The van der Waals surface area contributed by atoms with Crippen molar-refractivity contribution in [3.8, 4) is 11.5 Å². The molecule has 0 saturated carbocycles. The Hall–Kier alpha value is -3.00. The average Bonchev–Trinajstić information content (AvgIpc) is 2.70. The molecule has 8 heteroatoms. The Morgan fingerprint density at radius 1 is 0.929 bits per heavy atom. The zero-order chi connectivity index (χ0) is 20.6. The summed E-state index contributed by atoms with van der Waals surface area (Å²) in [7, 11) is -2.96. The Balaban J connectivity index is 2.30. The predicted octanol–water partition coefficient (Wildman–Crippen LogP) is 3.38. The summed E-state index contributed by atoms with van der Waals surface area (Å²) in [6.07, 6.45) is 1.12. The van der Waals surface area contributed by atoms with Crippen LogP contribution in [0.1, 0.15) is 13.8 Å². The molecule has 0 aliphatic heterocycles. The molecule has 0 heterocycles. The molecular formula is C20H23NO6S. The summed E-state index contributed by atoms with van der Waals surface area (Å²) in [4.78, 5) is 11.6. The first-order chi connectivity index (χ1) is 13.4. The second kappa shape index (κ2) is 9.80. The van der Waals surface area contributed by atoms with Crippen LogP contribution in [0.2, 0.25) is 0 Å². The number of nitrogens with one attached hydrogen (secondary N) is 1. The van der Waals surface area contributed by atoms with E-state index in [0.717, 1.165) is 13.3 Å². The molecule has 0 saturated heterocycles. The SMILES string of the molecule is CCOc1ccc(NC=C(C(=O)OC)S(=O)(=O)c2ccc(OCC)cc2)cc1. The number of sulfone groups is 1. The average molecular weight is 405 g/mol. The van der Waals surface area contributed by atoms with Crippen molar-refractivity contribution in [2.45, 2.75) is 18.7 Å². The summed E-state index contributed by atoms with van der Waals surface area (Å²) in [5, 5.41) is 2.81. The minimum atomic E-state index is -4.09. The molecule has 0 spiro atoms. The number of methoxy groups -OCH3 is 1. The Morgan fingerprint density at radius 2 is 1.43 bits per heavy atom. The molecule has 2 aromatic rings. The second-order valence-electron chi connectivity index (χ2n) is 5.51. The lowest BCUT2D eigenvalue weighted by molar-refractivity contribution is -0.135. The van der Waals surface area contributed by atoms with Gasteiger partial charge in [0.25, 0.3) is 0 Å². The van der Waals surface area contributed by atoms with E-state index in [-0.39, 0.29) is 4.90 Å². The van der Waals surface area contributed by atoms with Crippen LogP contribution in [0.5, 0.6) is 11.5 Å². The van der Waals surface area contributed by atoms with Crippen molar-refractivity contribution in [1.29, 1.82) is 0 Å². The van der Waals surface area contributed by atoms with Crippen LogP contribution >= 0.6 is 0 Å². The Labute approximate surface area is 164 Å². The molecule has 150 valence electrons. The van der Waals surface area contributed by atoms with E-state index >= 15 is 0 Å². The Kier molecular flexibility index (Phi) is 7.45. The van der Waals surface area contributed by atoms with E-state index in [2.05, 4.69) is 10.1 Å². The number of rotatable bonds is 9. The predicted molar refractivity (Wildman–Crippen MR) is 106 cm³/mol. The summed E-state index contributed by atoms with van der Waals surface area (Å²) < 4.78 is 41.1. The Bertz CT molecular complexity index is 918. The van der Waals surface area contributed by atoms with Gasteiger partial charge in [0.15, 0.2) is 4.91 Å². The number of esters is 1. The van der Waals surface area contributed by atoms with Crippen LogP contribution in [0.25, 0.3) is 0 Å². The van der Waals surface area contributed by atoms with Gasteiger partial charge in [0.1, 0.15) is 11.5 Å². The largest absolute Gasteiger partial charge is 0.494 e. The van der Waals surface area contributed by atoms with Crippen molar-refractivity contribution in [3.05, 3.63) is 59.6 Å².